The first-order valence-corrected chi connectivity index (χ1v) is 11.1. The third kappa shape index (κ3) is 4.83. The first kappa shape index (κ1) is 20.4. The molecular formula is C22H19BrN4O2S. The number of nitrogens with zero attached hydrogens (tertiary/aromatic N) is 3. The molecule has 1 amide bonds. The second kappa shape index (κ2) is 9.32. The van der Waals surface area contributed by atoms with Crippen LogP contribution in [0.4, 0.5) is 5.69 Å². The van der Waals surface area contributed by atoms with E-state index in [1.54, 1.807) is 6.26 Å². The number of furan rings is 1. The van der Waals surface area contributed by atoms with Crippen molar-refractivity contribution in [3.8, 4) is 11.6 Å². The van der Waals surface area contributed by atoms with Gasteiger partial charge in [0.05, 0.1) is 18.6 Å². The fourth-order valence-corrected chi connectivity index (χ4v) is 4.04. The lowest BCUT2D eigenvalue weighted by Crippen LogP contribution is -2.15. The summed E-state index contributed by atoms with van der Waals surface area (Å²) in [4.78, 5) is 12.5. The van der Waals surface area contributed by atoms with Gasteiger partial charge in [-0.05, 0) is 42.3 Å². The summed E-state index contributed by atoms with van der Waals surface area (Å²) in [7, 11) is 0. The molecule has 0 spiro atoms. The third-order valence-corrected chi connectivity index (χ3v) is 5.91. The Morgan fingerprint density at radius 1 is 1.13 bits per heavy atom. The molecule has 6 nitrogen and oxygen atoms in total. The van der Waals surface area contributed by atoms with Crippen molar-refractivity contribution in [2.75, 3.05) is 11.1 Å². The van der Waals surface area contributed by atoms with Gasteiger partial charge in [-0.15, -0.1) is 10.2 Å². The molecule has 0 fully saturated rings. The lowest BCUT2D eigenvalue weighted by molar-refractivity contribution is -0.113. The largest absolute Gasteiger partial charge is 0.461 e. The van der Waals surface area contributed by atoms with Crippen molar-refractivity contribution >= 4 is 39.3 Å². The average Bonchev–Trinajstić information content (AvgIpc) is 3.40. The van der Waals surface area contributed by atoms with Crippen molar-refractivity contribution < 1.29 is 9.21 Å². The zero-order chi connectivity index (χ0) is 20.9. The average molecular weight is 483 g/mol. The fourth-order valence-electron chi connectivity index (χ4n) is 2.94. The normalized spacial score (nSPS) is 10.9. The van der Waals surface area contributed by atoms with Crippen LogP contribution in [0.3, 0.4) is 0 Å². The maximum atomic E-state index is 12.5. The number of benzene rings is 2. The Morgan fingerprint density at radius 3 is 2.73 bits per heavy atom. The third-order valence-electron chi connectivity index (χ3n) is 4.45. The van der Waals surface area contributed by atoms with Crippen LogP contribution in [0.25, 0.3) is 11.6 Å². The summed E-state index contributed by atoms with van der Waals surface area (Å²) in [5.74, 6) is 1.39. The molecule has 0 aliphatic rings. The highest BCUT2D eigenvalue weighted by molar-refractivity contribution is 9.10. The Balaban J connectivity index is 1.52. The van der Waals surface area contributed by atoms with Crippen LogP contribution in [0.1, 0.15) is 11.1 Å². The number of thioether (sulfide) groups is 1. The van der Waals surface area contributed by atoms with E-state index in [1.807, 2.05) is 72.2 Å². The predicted molar refractivity (Wildman–Crippen MR) is 122 cm³/mol. The number of amides is 1. The maximum absolute atomic E-state index is 12.5. The van der Waals surface area contributed by atoms with Crippen LogP contribution in [0.5, 0.6) is 0 Å². The van der Waals surface area contributed by atoms with E-state index < -0.39 is 0 Å². The minimum atomic E-state index is -0.102. The molecule has 0 aliphatic carbocycles. The zero-order valence-electron chi connectivity index (χ0n) is 16.2. The highest BCUT2D eigenvalue weighted by atomic mass is 79.9. The van der Waals surface area contributed by atoms with Gasteiger partial charge in [0.15, 0.2) is 10.9 Å². The molecule has 0 radical (unpaired) electrons. The minimum absolute atomic E-state index is 0.102. The van der Waals surface area contributed by atoms with Crippen LogP contribution in [-0.4, -0.2) is 26.4 Å². The van der Waals surface area contributed by atoms with Gasteiger partial charge in [-0.1, -0.05) is 64.1 Å². The summed E-state index contributed by atoms with van der Waals surface area (Å²) in [6.07, 6.45) is 1.61. The molecule has 1 N–H and O–H groups in total. The second-order valence-electron chi connectivity index (χ2n) is 6.65. The van der Waals surface area contributed by atoms with Gasteiger partial charge in [-0.2, -0.15) is 0 Å². The lowest BCUT2D eigenvalue weighted by Gasteiger charge is -2.10. The van der Waals surface area contributed by atoms with Gasteiger partial charge >= 0.3 is 0 Å². The molecule has 4 aromatic rings. The van der Waals surface area contributed by atoms with Crippen molar-refractivity contribution in [1.82, 2.24) is 14.8 Å². The van der Waals surface area contributed by atoms with Crippen LogP contribution in [0.15, 0.2) is 81.0 Å². The van der Waals surface area contributed by atoms with Gasteiger partial charge in [-0.25, -0.2) is 0 Å². The van der Waals surface area contributed by atoms with E-state index in [2.05, 4.69) is 31.4 Å². The molecule has 0 atom stereocenters. The van der Waals surface area contributed by atoms with Crippen LogP contribution < -0.4 is 5.32 Å². The van der Waals surface area contributed by atoms with E-state index in [0.29, 0.717) is 23.3 Å². The SMILES string of the molecule is Cc1ccc(Br)cc1NC(=O)CSc1nnc(-c2ccco2)n1Cc1ccccc1. The van der Waals surface area contributed by atoms with Crippen molar-refractivity contribution in [2.24, 2.45) is 0 Å². The number of carbonyl (C=O) groups is 1. The Labute approximate surface area is 186 Å². The predicted octanol–water partition coefficient (Wildman–Crippen LogP) is 5.39. The minimum Gasteiger partial charge on any atom is -0.461 e. The van der Waals surface area contributed by atoms with Crippen molar-refractivity contribution in [3.05, 3.63) is 82.5 Å². The van der Waals surface area contributed by atoms with Gasteiger partial charge in [0.25, 0.3) is 0 Å². The number of halogens is 1. The molecule has 8 heteroatoms. The topological polar surface area (TPSA) is 73.0 Å². The number of anilines is 1. The molecule has 0 bridgehead atoms. The highest BCUT2D eigenvalue weighted by Gasteiger charge is 2.18. The molecular weight excluding hydrogens is 464 g/mol. The summed E-state index contributed by atoms with van der Waals surface area (Å²) in [5.41, 5.74) is 2.90. The molecule has 0 aliphatic heterocycles. The van der Waals surface area contributed by atoms with Gasteiger partial charge in [0, 0.05) is 10.2 Å². The summed E-state index contributed by atoms with van der Waals surface area (Å²) >= 11 is 4.78. The number of aromatic nitrogens is 3. The molecule has 152 valence electrons. The molecule has 30 heavy (non-hydrogen) atoms. The van der Waals surface area contributed by atoms with Crippen LogP contribution >= 0.6 is 27.7 Å². The molecule has 0 unspecified atom stereocenters. The van der Waals surface area contributed by atoms with Gasteiger partial charge < -0.3 is 9.73 Å². The number of aryl methyl sites for hydroxylation is 1. The second-order valence-corrected chi connectivity index (χ2v) is 8.51. The zero-order valence-corrected chi connectivity index (χ0v) is 18.6. The van der Waals surface area contributed by atoms with Gasteiger partial charge in [-0.3, -0.25) is 9.36 Å². The van der Waals surface area contributed by atoms with Crippen molar-refractivity contribution in [1.29, 1.82) is 0 Å². The van der Waals surface area contributed by atoms with Crippen molar-refractivity contribution in [3.63, 3.8) is 0 Å². The molecule has 2 heterocycles. The number of hydrogen-bond acceptors (Lipinski definition) is 5. The summed E-state index contributed by atoms with van der Waals surface area (Å²) in [5, 5.41) is 12.2. The van der Waals surface area contributed by atoms with E-state index in [1.165, 1.54) is 11.8 Å². The van der Waals surface area contributed by atoms with Crippen molar-refractivity contribution in [2.45, 2.75) is 18.6 Å². The Bertz CT molecular complexity index is 1140. The molecule has 0 saturated heterocycles. The lowest BCUT2D eigenvalue weighted by atomic mass is 10.2. The van der Waals surface area contributed by atoms with E-state index in [9.17, 15) is 4.79 Å². The van der Waals surface area contributed by atoms with Crippen LogP contribution in [-0.2, 0) is 11.3 Å². The monoisotopic (exact) mass is 482 g/mol. The maximum Gasteiger partial charge on any atom is 0.234 e. The first-order valence-electron chi connectivity index (χ1n) is 9.30. The molecule has 2 aromatic heterocycles. The highest BCUT2D eigenvalue weighted by Crippen LogP contribution is 2.26. The molecule has 2 aromatic carbocycles. The number of nitrogens with one attached hydrogen (secondary N) is 1. The number of rotatable bonds is 7. The van der Waals surface area contributed by atoms with Gasteiger partial charge in [0.2, 0.25) is 11.7 Å². The summed E-state index contributed by atoms with van der Waals surface area (Å²) in [6, 6.07) is 19.5. The van der Waals surface area contributed by atoms with Crippen LogP contribution in [0.2, 0.25) is 0 Å². The van der Waals surface area contributed by atoms with Crippen LogP contribution in [0, 0.1) is 6.92 Å². The van der Waals surface area contributed by atoms with E-state index in [0.717, 1.165) is 21.3 Å². The Kier molecular flexibility index (Phi) is 6.35. The fraction of sp³-hybridized carbons (Fsp3) is 0.136. The van der Waals surface area contributed by atoms with E-state index in [-0.39, 0.29) is 11.7 Å². The standard InChI is InChI=1S/C22H19BrN4O2S/c1-15-9-10-17(23)12-18(15)24-20(28)14-30-22-26-25-21(19-8-5-11-29-19)27(22)13-16-6-3-2-4-7-16/h2-12H,13-14H2,1H3,(H,24,28). The molecule has 4 rings (SSSR count). The van der Waals surface area contributed by atoms with E-state index in [4.69, 9.17) is 4.42 Å². The first-order chi connectivity index (χ1) is 14.6. The Hall–Kier alpha value is -2.84. The van der Waals surface area contributed by atoms with E-state index >= 15 is 0 Å². The molecule has 0 saturated carbocycles. The summed E-state index contributed by atoms with van der Waals surface area (Å²) in [6.45, 7) is 2.54. The Morgan fingerprint density at radius 2 is 1.97 bits per heavy atom. The quantitative estimate of drug-likeness (QED) is 0.357. The number of carbonyl (C=O) groups excluding carboxylic acids is 1. The number of hydrogen-bond donors (Lipinski definition) is 1. The summed E-state index contributed by atoms with van der Waals surface area (Å²) < 4.78 is 8.41. The smallest absolute Gasteiger partial charge is 0.234 e. The van der Waals surface area contributed by atoms with Gasteiger partial charge in [0.1, 0.15) is 0 Å².